The van der Waals surface area contributed by atoms with Crippen molar-refractivity contribution < 1.29 is 9.13 Å². The molecule has 1 N–H and O–H groups in total. The van der Waals surface area contributed by atoms with Crippen LogP contribution in [-0.4, -0.2) is 24.4 Å². The van der Waals surface area contributed by atoms with Gasteiger partial charge in [0.1, 0.15) is 5.82 Å². The quantitative estimate of drug-likeness (QED) is 0.921. The molecule has 0 aliphatic rings. The van der Waals surface area contributed by atoms with Crippen molar-refractivity contribution in [1.82, 2.24) is 15.5 Å². The van der Waals surface area contributed by atoms with E-state index in [0.29, 0.717) is 23.6 Å². The van der Waals surface area contributed by atoms with Crippen LogP contribution in [0.5, 0.6) is 5.88 Å². The van der Waals surface area contributed by atoms with Gasteiger partial charge in [-0.3, -0.25) is 0 Å². The van der Waals surface area contributed by atoms with Crippen molar-refractivity contribution in [3.05, 3.63) is 52.4 Å². The maximum atomic E-state index is 13.9. The number of aromatic nitrogens is 2. The Kier molecular flexibility index (Phi) is 4.87. The average Bonchev–Trinajstić information content (AvgIpc) is 2.49. The molecule has 1 heterocycles. The highest BCUT2D eigenvalue weighted by Crippen LogP contribution is 2.23. The Balaban J connectivity index is 2.21. The SMILES string of the molecule is CNC(Cc1cccc(Cl)c1F)c1ccc(OC)nn1. The van der Waals surface area contributed by atoms with Crippen molar-refractivity contribution in [2.45, 2.75) is 12.5 Å². The number of nitrogens with one attached hydrogen (secondary N) is 1. The molecule has 106 valence electrons. The van der Waals surface area contributed by atoms with Gasteiger partial charge in [0.2, 0.25) is 5.88 Å². The maximum Gasteiger partial charge on any atom is 0.233 e. The molecule has 0 saturated heterocycles. The summed E-state index contributed by atoms with van der Waals surface area (Å²) < 4.78 is 18.9. The second-order valence-electron chi connectivity index (χ2n) is 4.26. The first-order chi connectivity index (χ1) is 9.65. The molecule has 0 aliphatic carbocycles. The van der Waals surface area contributed by atoms with E-state index in [0.717, 1.165) is 0 Å². The van der Waals surface area contributed by atoms with Crippen molar-refractivity contribution >= 4 is 11.6 Å². The summed E-state index contributed by atoms with van der Waals surface area (Å²) in [4.78, 5) is 0. The Labute approximate surface area is 121 Å². The van der Waals surface area contributed by atoms with E-state index in [2.05, 4.69) is 15.5 Å². The molecule has 0 bridgehead atoms. The molecule has 2 rings (SSSR count). The van der Waals surface area contributed by atoms with Gasteiger partial charge in [-0.2, -0.15) is 5.10 Å². The van der Waals surface area contributed by atoms with Crippen LogP contribution < -0.4 is 10.1 Å². The van der Waals surface area contributed by atoms with Crippen LogP contribution in [-0.2, 0) is 6.42 Å². The second kappa shape index (κ2) is 6.63. The number of nitrogens with zero attached hydrogens (tertiary/aromatic N) is 2. The third-order valence-corrected chi connectivity index (χ3v) is 3.32. The third kappa shape index (κ3) is 3.23. The molecule has 1 atom stereocenters. The van der Waals surface area contributed by atoms with Gasteiger partial charge < -0.3 is 10.1 Å². The summed E-state index contributed by atoms with van der Waals surface area (Å²) in [6, 6.07) is 8.34. The number of halogens is 2. The highest BCUT2D eigenvalue weighted by molar-refractivity contribution is 6.30. The number of likely N-dealkylation sites (N-methyl/N-ethyl adjacent to an activating group) is 1. The van der Waals surface area contributed by atoms with Crippen LogP contribution in [0.15, 0.2) is 30.3 Å². The molecular weight excluding hydrogens is 281 g/mol. The Hall–Kier alpha value is -1.72. The van der Waals surface area contributed by atoms with E-state index >= 15 is 0 Å². The van der Waals surface area contributed by atoms with Gasteiger partial charge in [-0.1, -0.05) is 23.7 Å². The number of hydrogen-bond acceptors (Lipinski definition) is 4. The van der Waals surface area contributed by atoms with Crippen LogP contribution >= 0.6 is 11.6 Å². The minimum Gasteiger partial charge on any atom is -0.480 e. The first kappa shape index (κ1) is 14.7. The standard InChI is InChI=1S/C14H15ClFN3O/c1-17-12(11-6-7-13(20-2)19-18-11)8-9-4-3-5-10(15)14(9)16/h3-7,12,17H,8H2,1-2H3. The molecule has 0 spiro atoms. The van der Waals surface area contributed by atoms with Gasteiger partial charge in [0, 0.05) is 6.07 Å². The lowest BCUT2D eigenvalue weighted by molar-refractivity contribution is 0.389. The Morgan fingerprint density at radius 3 is 2.70 bits per heavy atom. The van der Waals surface area contributed by atoms with Crippen LogP contribution in [0.25, 0.3) is 0 Å². The topological polar surface area (TPSA) is 47.0 Å². The van der Waals surface area contributed by atoms with Crippen LogP contribution in [0.4, 0.5) is 4.39 Å². The summed E-state index contributed by atoms with van der Waals surface area (Å²) in [7, 11) is 3.32. The van der Waals surface area contributed by atoms with E-state index in [4.69, 9.17) is 16.3 Å². The summed E-state index contributed by atoms with van der Waals surface area (Å²) in [5.74, 6) is 0.0495. The fourth-order valence-electron chi connectivity index (χ4n) is 1.91. The molecule has 0 radical (unpaired) electrons. The summed E-state index contributed by atoms with van der Waals surface area (Å²) >= 11 is 5.79. The lowest BCUT2D eigenvalue weighted by Gasteiger charge is -2.16. The number of rotatable bonds is 5. The summed E-state index contributed by atoms with van der Waals surface area (Å²) in [6.07, 6.45) is 0.434. The fraction of sp³-hybridized carbons (Fsp3) is 0.286. The largest absolute Gasteiger partial charge is 0.480 e. The molecular formula is C14H15ClFN3O. The van der Waals surface area contributed by atoms with Crippen LogP contribution in [0.1, 0.15) is 17.3 Å². The lowest BCUT2D eigenvalue weighted by atomic mass is 10.0. The van der Waals surface area contributed by atoms with Crippen molar-refractivity contribution in [1.29, 1.82) is 0 Å². The molecule has 1 aromatic heterocycles. The smallest absolute Gasteiger partial charge is 0.233 e. The number of methoxy groups -OCH3 is 1. The second-order valence-corrected chi connectivity index (χ2v) is 4.67. The molecule has 0 amide bonds. The van der Waals surface area contributed by atoms with E-state index in [9.17, 15) is 4.39 Å². The van der Waals surface area contributed by atoms with E-state index in [1.54, 1.807) is 31.3 Å². The average molecular weight is 296 g/mol. The Morgan fingerprint density at radius 1 is 1.30 bits per heavy atom. The number of benzene rings is 1. The molecule has 4 nitrogen and oxygen atoms in total. The zero-order valence-electron chi connectivity index (χ0n) is 11.2. The van der Waals surface area contributed by atoms with Gasteiger partial charge in [0.15, 0.2) is 0 Å². The monoisotopic (exact) mass is 295 g/mol. The van der Waals surface area contributed by atoms with Gasteiger partial charge in [-0.05, 0) is 31.2 Å². The maximum absolute atomic E-state index is 13.9. The van der Waals surface area contributed by atoms with Gasteiger partial charge in [-0.15, -0.1) is 5.10 Å². The van der Waals surface area contributed by atoms with Gasteiger partial charge in [0.25, 0.3) is 0 Å². The van der Waals surface area contributed by atoms with Gasteiger partial charge >= 0.3 is 0 Å². The Bertz CT molecular complexity index is 577. The molecule has 6 heteroatoms. The third-order valence-electron chi connectivity index (χ3n) is 3.03. The van der Waals surface area contributed by atoms with Crippen molar-refractivity contribution in [3.63, 3.8) is 0 Å². The van der Waals surface area contributed by atoms with Crippen molar-refractivity contribution in [3.8, 4) is 5.88 Å². The van der Waals surface area contributed by atoms with Crippen molar-refractivity contribution in [2.24, 2.45) is 0 Å². The fourth-order valence-corrected chi connectivity index (χ4v) is 2.10. The molecule has 1 aromatic carbocycles. The first-order valence-electron chi connectivity index (χ1n) is 6.13. The van der Waals surface area contributed by atoms with E-state index < -0.39 is 5.82 Å². The van der Waals surface area contributed by atoms with Crippen LogP contribution in [0, 0.1) is 5.82 Å². The van der Waals surface area contributed by atoms with E-state index in [1.165, 1.54) is 13.2 Å². The van der Waals surface area contributed by atoms with Gasteiger partial charge in [0.05, 0.1) is 23.9 Å². The molecule has 20 heavy (non-hydrogen) atoms. The van der Waals surface area contributed by atoms with Gasteiger partial charge in [-0.25, -0.2) is 4.39 Å². The number of hydrogen-bond donors (Lipinski definition) is 1. The molecule has 0 fully saturated rings. The minimum atomic E-state index is -0.393. The highest BCUT2D eigenvalue weighted by atomic mass is 35.5. The van der Waals surface area contributed by atoms with E-state index in [-0.39, 0.29) is 11.1 Å². The Morgan fingerprint density at radius 2 is 2.10 bits per heavy atom. The predicted octanol–water partition coefficient (Wildman–Crippen LogP) is 2.78. The summed E-state index contributed by atoms with van der Waals surface area (Å²) in [6.45, 7) is 0. The van der Waals surface area contributed by atoms with Crippen LogP contribution in [0.2, 0.25) is 5.02 Å². The molecule has 0 aliphatic heterocycles. The zero-order chi connectivity index (χ0) is 14.5. The highest BCUT2D eigenvalue weighted by Gasteiger charge is 2.16. The molecule has 2 aromatic rings. The summed E-state index contributed by atoms with van der Waals surface area (Å²) in [5.41, 5.74) is 1.25. The van der Waals surface area contributed by atoms with E-state index in [1.807, 2.05) is 0 Å². The van der Waals surface area contributed by atoms with Crippen LogP contribution in [0.3, 0.4) is 0 Å². The van der Waals surface area contributed by atoms with Crippen molar-refractivity contribution in [2.75, 3.05) is 14.2 Å². The molecule has 1 unspecified atom stereocenters. The molecule has 0 saturated carbocycles. The predicted molar refractivity (Wildman–Crippen MR) is 75.5 cm³/mol. The number of ether oxygens (including phenoxy) is 1. The minimum absolute atomic E-state index is 0.123. The zero-order valence-corrected chi connectivity index (χ0v) is 12.0. The lowest BCUT2D eigenvalue weighted by Crippen LogP contribution is -2.21. The normalized spacial score (nSPS) is 12.2. The first-order valence-corrected chi connectivity index (χ1v) is 6.51. The summed E-state index contributed by atoms with van der Waals surface area (Å²) in [5, 5.41) is 11.2.